The number of nitrogens with one attached hydrogen (secondary N) is 1. The third kappa shape index (κ3) is 1.93. The van der Waals surface area contributed by atoms with Gasteiger partial charge in [0.05, 0.1) is 12.6 Å². The van der Waals surface area contributed by atoms with Gasteiger partial charge in [-0.25, -0.2) is 0 Å². The number of hydrogen-bond donors (Lipinski definition) is 2. The molecule has 1 rings (SSSR count). The first-order valence-electron chi connectivity index (χ1n) is 3.68. The van der Waals surface area contributed by atoms with E-state index in [0.717, 1.165) is 0 Å². The Bertz CT molecular complexity index is 295. The summed E-state index contributed by atoms with van der Waals surface area (Å²) in [6.07, 6.45) is 1.57. The number of H-pyrrole nitrogens is 1. The van der Waals surface area contributed by atoms with E-state index in [9.17, 15) is 4.79 Å². The summed E-state index contributed by atoms with van der Waals surface area (Å²) in [6, 6.07) is 3.09. The first-order valence-corrected chi connectivity index (χ1v) is 3.68. The predicted molar refractivity (Wildman–Crippen MR) is 45.9 cm³/mol. The zero-order chi connectivity index (χ0) is 8.97. The highest BCUT2D eigenvalue weighted by atomic mass is 16.5. The molecule has 3 N–H and O–H groups in total. The zero-order valence-electron chi connectivity index (χ0n) is 6.91. The van der Waals surface area contributed by atoms with Crippen molar-refractivity contribution >= 4 is 0 Å². The third-order valence-electron chi connectivity index (χ3n) is 1.59. The minimum absolute atomic E-state index is 0.151. The largest absolute Gasteiger partial charge is 0.383 e. The zero-order valence-corrected chi connectivity index (χ0v) is 6.91. The number of nitrogens with two attached hydrogens (primary N) is 1. The van der Waals surface area contributed by atoms with E-state index < -0.39 is 0 Å². The van der Waals surface area contributed by atoms with Gasteiger partial charge in [0, 0.05) is 18.9 Å². The Balaban J connectivity index is 2.87. The molecule has 0 radical (unpaired) electrons. The normalized spacial score (nSPS) is 12.8. The topological polar surface area (TPSA) is 68.1 Å². The van der Waals surface area contributed by atoms with Crippen LogP contribution in [-0.2, 0) is 4.74 Å². The molecule has 12 heavy (non-hydrogen) atoms. The molecule has 0 aromatic carbocycles. The Hall–Kier alpha value is -1.13. The summed E-state index contributed by atoms with van der Waals surface area (Å²) in [5, 5.41) is 0. The summed E-state index contributed by atoms with van der Waals surface area (Å²) in [7, 11) is 1.55. The molecule has 1 aromatic heterocycles. The molecule has 4 nitrogen and oxygen atoms in total. The van der Waals surface area contributed by atoms with Gasteiger partial charge in [-0.1, -0.05) is 6.07 Å². The van der Waals surface area contributed by atoms with Gasteiger partial charge in [-0.05, 0) is 6.07 Å². The van der Waals surface area contributed by atoms with E-state index in [1.807, 2.05) is 0 Å². The molecule has 0 amide bonds. The van der Waals surface area contributed by atoms with Crippen molar-refractivity contribution in [2.75, 3.05) is 13.7 Å². The maximum atomic E-state index is 11.1. The van der Waals surface area contributed by atoms with Crippen molar-refractivity contribution in [3.05, 3.63) is 34.2 Å². The summed E-state index contributed by atoms with van der Waals surface area (Å²) >= 11 is 0. The number of aromatic amines is 1. The van der Waals surface area contributed by atoms with E-state index in [1.165, 1.54) is 0 Å². The molecule has 0 saturated heterocycles. The molecular weight excluding hydrogens is 156 g/mol. The molecule has 0 saturated carbocycles. The highest BCUT2D eigenvalue weighted by Crippen LogP contribution is 2.02. The van der Waals surface area contributed by atoms with Crippen LogP contribution in [0.4, 0.5) is 0 Å². The lowest BCUT2D eigenvalue weighted by molar-refractivity contribution is 0.180. The van der Waals surface area contributed by atoms with Gasteiger partial charge in [0.15, 0.2) is 0 Å². The second-order valence-electron chi connectivity index (χ2n) is 2.52. The summed E-state index contributed by atoms with van der Waals surface area (Å²) in [5.41, 5.74) is 6.07. The van der Waals surface area contributed by atoms with Crippen LogP contribution in [0.1, 0.15) is 11.6 Å². The summed E-state index contributed by atoms with van der Waals surface area (Å²) in [6.45, 7) is 0.354. The quantitative estimate of drug-likeness (QED) is 0.668. The smallest absolute Gasteiger partial charge is 0.252 e. The van der Waals surface area contributed by atoms with Gasteiger partial charge in [0.1, 0.15) is 0 Å². The fraction of sp³-hybridized carbons (Fsp3) is 0.375. The molecule has 1 heterocycles. The molecule has 1 unspecified atom stereocenters. The highest BCUT2D eigenvalue weighted by Gasteiger charge is 2.07. The predicted octanol–water partition coefficient (Wildman–Crippen LogP) is 0.0211. The molecule has 1 aromatic rings. The van der Waals surface area contributed by atoms with Crippen molar-refractivity contribution in [1.29, 1.82) is 0 Å². The minimum atomic E-state index is -0.347. The standard InChI is InChI=1S/C8H12N2O2/c1-12-5-7(9)6-3-2-4-10-8(6)11/h2-4,7H,5,9H2,1H3,(H,10,11). The van der Waals surface area contributed by atoms with Crippen LogP contribution < -0.4 is 11.3 Å². The Morgan fingerprint density at radius 2 is 2.50 bits per heavy atom. The molecule has 0 bridgehead atoms. The number of methoxy groups -OCH3 is 1. The first kappa shape index (κ1) is 8.96. The van der Waals surface area contributed by atoms with E-state index in [2.05, 4.69) is 4.98 Å². The average Bonchev–Trinajstić information content (AvgIpc) is 2.05. The van der Waals surface area contributed by atoms with Crippen LogP contribution in [0.25, 0.3) is 0 Å². The maximum Gasteiger partial charge on any atom is 0.252 e. The van der Waals surface area contributed by atoms with Gasteiger partial charge in [-0.2, -0.15) is 0 Å². The van der Waals surface area contributed by atoms with E-state index in [0.29, 0.717) is 12.2 Å². The van der Waals surface area contributed by atoms with Crippen LogP contribution in [0.2, 0.25) is 0 Å². The van der Waals surface area contributed by atoms with Crippen LogP contribution in [0, 0.1) is 0 Å². The number of rotatable bonds is 3. The second kappa shape index (κ2) is 4.04. The molecule has 1 atom stereocenters. The van der Waals surface area contributed by atoms with Crippen molar-refractivity contribution in [3.63, 3.8) is 0 Å². The van der Waals surface area contributed by atoms with Crippen LogP contribution >= 0.6 is 0 Å². The van der Waals surface area contributed by atoms with Gasteiger partial charge in [-0.15, -0.1) is 0 Å². The molecule has 0 aliphatic rings. The fourth-order valence-corrected chi connectivity index (χ4v) is 0.996. The van der Waals surface area contributed by atoms with Crippen molar-refractivity contribution in [2.45, 2.75) is 6.04 Å². The summed E-state index contributed by atoms with van der Waals surface area (Å²) in [5.74, 6) is 0. The average molecular weight is 168 g/mol. The third-order valence-corrected chi connectivity index (χ3v) is 1.59. The second-order valence-corrected chi connectivity index (χ2v) is 2.52. The lowest BCUT2D eigenvalue weighted by Gasteiger charge is -2.08. The van der Waals surface area contributed by atoms with E-state index >= 15 is 0 Å². The van der Waals surface area contributed by atoms with Gasteiger partial charge in [0.2, 0.25) is 0 Å². The van der Waals surface area contributed by atoms with Crippen LogP contribution in [-0.4, -0.2) is 18.7 Å². The van der Waals surface area contributed by atoms with Crippen molar-refractivity contribution in [3.8, 4) is 0 Å². The molecular formula is C8H12N2O2. The molecule has 66 valence electrons. The Morgan fingerprint density at radius 3 is 3.08 bits per heavy atom. The molecule has 0 aliphatic heterocycles. The van der Waals surface area contributed by atoms with Gasteiger partial charge < -0.3 is 15.5 Å². The van der Waals surface area contributed by atoms with E-state index in [-0.39, 0.29) is 11.6 Å². The van der Waals surface area contributed by atoms with Crippen molar-refractivity contribution in [2.24, 2.45) is 5.73 Å². The monoisotopic (exact) mass is 168 g/mol. The van der Waals surface area contributed by atoms with Crippen molar-refractivity contribution in [1.82, 2.24) is 4.98 Å². The molecule has 4 heteroatoms. The Labute approximate surface area is 70.4 Å². The molecule has 0 fully saturated rings. The SMILES string of the molecule is COCC(N)c1ccc[nH]c1=O. The minimum Gasteiger partial charge on any atom is -0.383 e. The lowest BCUT2D eigenvalue weighted by Crippen LogP contribution is -2.24. The van der Waals surface area contributed by atoms with Crippen LogP contribution in [0.3, 0.4) is 0 Å². The summed E-state index contributed by atoms with van der Waals surface area (Å²) in [4.78, 5) is 13.7. The Kier molecular flexibility index (Phi) is 3.01. The molecule has 0 aliphatic carbocycles. The van der Waals surface area contributed by atoms with E-state index in [4.69, 9.17) is 10.5 Å². The van der Waals surface area contributed by atoms with Gasteiger partial charge in [-0.3, -0.25) is 4.79 Å². The number of aromatic nitrogens is 1. The summed E-state index contributed by atoms with van der Waals surface area (Å²) < 4.78 is 4.84. The lowest BCUT2D eigenvalue weighted by atomic mass is 10.1. The van der Waals surface area contributed by atoms with Crippen LogP contribution in [0.5, 0.6) is 0 Å². The van der Waals surface area contributed by atoms with Gasteiger partial charge in [0.25, 0.3) is 5.56 Å². The van der Waals surface area contributed by atoms with Crippen molar-refractivity contribution < 1.29 is 4.74 Å². The highest BCUT2D eigenvalue weighted by molar-refractivity contribution is 5.13. The first-order chi connectivity index (χ1) is 5.75. The number of ether oxygens (including phenoxy) is 1. The van der Waals surface area contributed by atoms with E-state index in [1.54, 1.807) is 25.4 Å². The van der Waals surface area contributed by atoms with Gasteiger partial charge >= 0.3 is 0 Å². The maximum absolute atomic E-state index is 11.1. The van der Waals surface area contributed by atoms with Crippen LogP contribution in [0.15, 0.2) is 23.1 Å². The fourth-order valence-electron chi connectivity index (χ4n) is 0.996. The Morgan fingerprint density at radius 1 is 1.75 bits per heavy atom. The molecule has 0 spiro atoms. The number of hydrogen-bond acceptors (Lipinski definition) is 3. The number of pyridine rings is 1.